The van der Waals surface area contributed by atoms with E-state index < -0.39 is 6.10 Å². The smallest absolute Gasteiger partial charge is 0.306 e. The van der Waals surface area contributed by atoms with Crippen molar-refractivity contribution in [1.29, 1.82) is 0 Å². The summed E-state index contributed by atoms with van der Waals surface area (Å²) in [5, 5.41) is 0. The Labute approximate surface area is 463 Å². The molecular weight excluding hydrogens is 925 g/mol. The van der Waals surface area contributed by atoms with Gasteiger partial charge in [0.05, 0.1) is 0 Å². The molecule has 1 unspecified atom stereocenters. The van der Waals surface area contributed by atoms with Gasteiger partial charge in [0, 0.05) is 19.3 Å². The number of allylic oxidation sites excluding steroid dienone is 18. The van der Waals surface area contributed by atoms with Gasteiger partial charge in [-0.25, -0.2) is 0 Å². The molecule has 6 nitrogen and oxygen atoms in total. The predicted octanol–water partition coefficient (Wildman–Crippen LogP) is 21.4. The van der Waals surface area contributed by atoms with E-state index in [-0.39, 0.29) is 31.1 Å². The van der Waals surface area contributed by atoms with Crippen LogP contribution in [0.2, 0.25) is 0 Å². The topological polar surface area (TPSA) is 78.9 Å². The lowest BCUT2D eigenvalue weighted by atomic mass is 10.0. The van der Waals surface area contributed by atoms with Crippen molar-refractivity contribution in [2.75, 3.05) is 13.2 Å². The van der Waals surface area contributed by atoms with Gasteiger partial charge in [-0.2, -0.15) is 0 Å². The van der Waals surface area contributed by atoms with E-state index in [1.54, 1.807) is 0 Å². The Balaban J connectivity index is 4.38. The van der Waals surface area contributed by atoms with Gasteiger partial charge in [0.25, 0.3) is 0 Å². The molecule has 0 saturated heterocycles. The van der Waals surface area contributed by atoms with Crippen LogP contribution in [-0.2, 0) is 28.6 Å². The van der Waals surface area contributed by atoms with E-state index in [1.165, 1.54) is 116 Å². The Bertz CT molecular complexity index is 1520. The Morgan fingerprint density at radius 1 is 0.280 bits per heavy atom. The van der Waals surface area contributed by atoms with Crippen molar-refractivity contribution in [3.8, 4) is 0 Å². The van der Waals surface area contributed by atoms with Crippen LogP contribution in [0.15, 0.2) is 109 Å². The number of rotatable bonds is 56. The summed E-state index contributed by atoms with van der Waals surface area (Å²) in [4.78, 5) is 38.3. The van der Waals surface area contributed by atoms with Crippen LogP contribution in [0.1, 0.15) is 290 Å². The number of hydrogen-bond acceptors (Lipinski definition) is 6. The Morgan fingerprint density at radius 3 is 0.827 bits per heavy atom. The fraction of sp³-hybridized carbons (Fsp3) is 0.696. The molecule has 0 aromatic heterocycles. The van der Waals surface area contributed by atoms with Crippen molar-refractivity contribution in [1.82, 2.24) is 0 Å². The molecule has 0 aliphatic rings. The number of unbranched alkanes of at least 4 members (excludes halogenated alkanes) is 27. The average Bonchev–Trinajstić information content (AvgIpc) is 3.41. The zero-order valence-corrected chi connectivity index (χ0v) is 49.0. The summed E-state index contributed by atoms with van der Waals surface area (Å²) < 4.78 is 16.9. The maximum atomic E-state index is 12.9. The minimum atomic E-state index is -0.797. The average molecular weight is 1040 g/mol. The number of hydrogen-bond donors (Lipinski definition) is 0. The molecule has 0 rings (SSSR count). The van der Waals surface area contributed by atoms with Crippen LogP contribution < -0.4 is 0 Å². The zero-order valence-electron chi connectivity index (χ0n) is 49.0. The van der Waals surface area contributed by atoms with E-state index in [2.05, 4.69) is 130 Å². The summed E-state index contributed by atoms with van der Waals surface area (Å²) in [6.07, 6.45) is 85.2. The van der Waals surface area contributed by atoms with Crippen molar-refractivity contribution < 1.29 is 28.6 Å². The largest absolute Gasteiger partial charge is 0.462 e. The Kier molecular flexibility index (Phi) is 59.3. The van der Waals surface area contributed by atoms with Gasteiger partial charge in [-0.1, -0.05) is 278 Å². The first-order valence-corrected chi connectivity index (χ1v) is 31.4. The van der Waals surface area contributed by atoms with Gasteiger partial charge in [0.2, 0.25) is 0 Å². The van der Waals surface area contributed by atoms with Gasteiger partial charge < -0.3 is 14.2 Å². The highest BCUT2D eigenvalue weighted by Gasteiger charge is 2.19. The lowest BCUT2D eigenvalue weighted by Crippen LogP contribution is -2.30. The number of ether oxygens (including phenoxy) is 3. The summed E-state index contributed by atoms with van der Waals surface area (Å²) in [6, 6.07) is 0. The lowest BCUT2D eigenvalue weighted by molar-refractivity contribution is -0.167. The molecule has 0 fully saturated rings. The standard InChI is InChI=1S/C69H116O6/c1-4-7-10-13-16-19-22-25-27-29-31-32-33-34-35-36-38-39-41-44-47-50-53-56-59-62-68(71)74-65-66(64-73-67(70)61-58-55-52-49-46-43-24-21-18-15-12-9-6-3)75-69(72)63-60-57-54-51-48-45-42-40-37-30-28-26-23-20-17-14-11-8-5-2/h7,9-10,12,16,18-19,21,25,27,31-32,34-35,38-39,43,46,66H,4-6,8,11,13-15,17,20,22-24,26,28-30,33,36-37,40-42,44-45,47-65H2,1-3H3/b10-7-,12-9-,19-16-,21-18-,27-25-,32-31-,35-34-,39-38-,46-43-. The minimum Gasteiger partial charge on any atom is -0.462 e. The lowest BCUT2D eigenvalue weighted by Gasteiger charge is -2.18. The molecule has 0 amide bonds. The third kappa shape index (κ3) is 60.8. The molecule has 0 saturated carbocycles. The van der Waals surface area contributed by atoms with Gasteiger partial charge in [0.15, 0.2) is 6.10 Å². The highest BCUT2D eigenvalue weighted by molar-refractivity contribution is 5.71. The molecule has 0 heterocycles. The van der Waals surface area contributed by atoms with Crippen molar-refractivity contribution in [2.24, 2.45) is 0 Å². The zero-order chi connectivity index (χ0) is 54.3. The molecule has 0 N–H and O–H groups in total. The molecule has 75 heavy (non-hydrogen) atoms. The fourth-order valence-corrected chi connectivity index (χ4v) is 8.64. The van der Waals surface area contributed by atoms with Crippen LogP contribution in [0, 0.1) is 0 Å². The molecule has 1 atom stereocenters. The third-order valence-electron chi connectivity index (χ3n) is 13.3. The van der Waals surface area contributed by atoms with Crippen molar-refractivity contribution in [3.63, 3.8) is 0 Å². The molecule has 0 aromatic rings. The Hall–Kier alpha value is -3.93. The molecule has 428 valence electrons. The van der Waals surface area contributed by atoms with Crippen molar-refractivity contribution in [3.05, 3.63) is 109 Å². The second-order valence-corrected chi connectivity index (χ2v) is 20.6. The molecule has 0 spiro atoms. The highest BCUT2D eigenvalue weighted by Crippen LogP contribution is 2.16. The van der Waals surface area contributed by atoms with E-state index in [9.17, 15) is 14.4 Å². The molecular formula is C69H116O6. The highest BCUT2D eigenvalue weighted by atomic mass is 16.6. The molecule has 0 bridgehead atoms. The summed E-state index contributed by atoms with van der Waals surface area (Å²) >= 11 is 0. The van der Waals surface area contributed by atoms with Crippen LogP contribution in [0.25, 0.3) is 0 Å². The fourth-order valence-electron chi connectivity index (χ4n) is 8.64. The molecule has 6 heteroatoms. The van der Waals surface area contributed by atoms with Gasteiger partial charge in [0.1, 0.15) is 13.2 Å². The Morgan fingerprint density at radius 2 is 0.520 bits per heavy atom. The summed E-state index contributed by atoms with van der Waals surface area (Å²) in [5.41, 5.74) is 0. The van der Waals surface area contributed by atoms with Crippen LogP contribution >= 0.6 is 0 Å². The van der Waals surface area contributed by atoms with E-state index in [4.69, 9.17) is 14.2 Å². The first-order chi connectivity index (χ1) is 37.0. The van der Waals surface area contributed by atoms with E-state index in [1.807, 2.05) is 0 Å². The summed E-state index contributed by atoms with van der Waals surface area (Å²) in [5.74, 6) is -0.930. The second kappa shape index (κ2) is 62.6. The van der Waals surface area contributed by atoms with Crippen molar-refractivity contribution >= 4 is 17.9 Å². The van der Waals surface area contributed by atoms with Crippen LogP contribution in [0.3, 0.4) is 0 Å². The van der Waals surface area contributed by atoms with Crippen molar-refractivity contribution in [2.45, 2.75) is 297 Å². The quantitative estimate of drug-likeness (QED) is 0.0261. The van der Waals surface area contributed by atoms with Crippen LogP contribution in [0.5, 0.6) is 0 Å². The first-order valence-electron chi connectivity index (χ1n) is 31.4. The maximum absolute atomic E-state index is 12.9. The number of carbonyl (C=O) groups is 3. The normalized spacial score (nSPS) is 12.8. The predicted molar refractivity (Wildman–Crippen MR) is 325 cm³/mol. The van der Waals surface area contributed by atoms with E-state index in [0.29, 0.717) is 19.3 Å². The number of esters is 3. The second-order valence-electron chi connectivity index (χ2n) is 20.6. The van der Waals surface area contributed by atoms with E-state index >= 15 is 0 Å². The molecule has 0 aliphatic carbocycles. The van der Waals surface area contributed by atoms with Gasteiger partial charge in [-0.15, -0.1) is 0 Å². The van der Waals surface area contributed by atoms with Gasteiger partial charge >= 0.3 is 17.9 Å². The SMILES string of the molecule is CC/C=C\C/C=C\C/C=C\C/C=C\C/C=C\C/C=C\CCCCCCCCC(=O)OCC(COC(=O)CCCCC/C=C\C/C=C\C/C=C\CC)OC(=O)CCCCCCCCCCCCCCCCCCCCC. The first kappa shape index (κ1) is 71.1. The van der Waals surface area contributed by atoms with E-state index in [0.717, 1.165) is 135 Å². The summed E-state index contributed by atoms with van der Waals surface area (Å²) in [6.45, 7) is 6.40. The summed E-state index contributed by atoms with van der Waals surface area (Å²) in [7, 11) is 0. The van der Waals surface area contributed by atoms with Gasteiger partial charge in [-0.3, -0.25) is 14.4 Å². The number of carbonyl (C=O) groups excluding carboxylic acids is 3. The van der Waals surface area contributed by atoms with Gasteiger partial charge in [-0.05, 0) is 103 Å². The van der Waals surface area contributed by atoms with Crippen LogP contribution in [0.4, 0.5) is 0 Å². The third-order valence-corrected chi connectivity index (χ3v) is 13.3. The maximum Gasteiger partial charge on any atom is 0.306 e. The molecule has 0 aromatic carbocycles. The monoisotopic (exact) mass is 1040 g/mol. The minimum absolute atomic E-state index is 0.0946. The molecule has 0 radical (unpaired) electrons. The molecule has 0 aliphatic heterocycles. The van der Waals surface area contributed by atoms with Crippen LogP contribution in [-0.4, -0.2) is 37.2 Å².